The Balaban J connectivity index is 2.23. The highest BCUT2D eigenvalue weighted by Crippen LogP contribution is 2.25. The minimum Gasteiger partial charge on any atom is -0.349 e. The van der Waals surface area contributed by atoms with Crippen LogP contribution in [0.2, 0.25) is 0 Å². The average molecular weight is 242 g/mol. The summed E-state index contributed by atoms with van der Waals surface area (Å²) in [5, 5.41) is 1.81. The molecule has 0 aliphatic heterocycles. The Hall–Kier alpha value is -0.850. The topological polar surface area (TPSA) is 32.3 Å². The molecule has 1 fully saturated rings. The van der Waals surface area contributed by atoms with Crippen LogP contribution in [-0.2, 0) is 4.79 Å². The highest BCUT2D eigenvalue weighted by atomic mass is 19.3. The monoisotopic (exact) mass is 242 g/mol. The van der Waals surface area contributed by atoms with E-state index >= 15 is 0 Å². The van der Waals surface area contributed by atoms with Crippen LogP contribution in [0.25, 0.3) is 0 Å². The predicted octanol–water partition coefficient (Wildman–Crippen LogP) is 1.10. The quantitative estimate of drug-likeness (QED) is 0.707. The molecule has 1 amide bonds. The van der Waals surface area contributed by atoms with Crippen molar-refractivity contribution in [3.05, 3.63) is 0 Å². The summed E-state index contributed by atoms with van der Waals surface area (Å²) in [6, 6.07) is 0.438. The molecule has 1 saturated carbocycles. The van der Waals surface area contributed by atoms with E-state index in [0.717, 1.165) is 12.8 Å². The number of alkyl halides is 4. The Labute approximate surface area is 90.8 Å². The lowest BCUT2D eigenvalue weighted by atomic mass is 10.3. The van der Waals surface area contributed by atoms with Crippen LogP contribution in [0.5, 0.6) is 0 Å². The Kier molecular flexibility index (Phi) is 4.12. The number of carbonyl (C=O) groups excluding carboxylic acids is 1. The molecule has 94 valence electrons. The third kappa shape index (κ3) is 3.33. The number of hydrogen-bond acceptors (Lipinski definition) is 2. The third-order valence-electron chi connectivity index (χ3n) is 2.50. The van der Waals surface area contributed by atoms with Gasteiger partial charge >= 0.3 is 12.3 Å². The second-order valence-corrected chi connectivity index (χ2v) is 3.89. The molecule has 3 nitrogen and oxygen atoms in total. The van der Waals surface area contributed by atoms with Gasteiger partial charge in [0, 0.05) is 19.1 Å². The number of rotatable bonds is 6. The van der Waals surface area contributed by atoms with Crippen molar-refractivity contribution in [3.63, 3.8) is 0 Å². The van der Waals surface area contributed by atoms with Gasteiger partial charge in [0.2, 0.25) is 0 Å². The van der Waals surface area contributed by atoms with E-state index in [1.54, 1.807) is 7.05 Å². The van der Waals surface area contributed by atoms with Gasteiger partial charge in [0.25, 0.3) is 5.91 Å². The van der Waals surface area contributed by atoms with E-state index in [2.05, 4.69) is 0 Å². The molecule has 0 atom stereocenters. The van der Waals surface area contributed by atoms with E-state index in [1.807, 2.05) is 10.2 Å². The van der Waals surface area contributed by atoms with E-state index in [9.17, 15) is 22.4 Å². The molecule has 1 rings (SSSR count). The van der Waals surface area contributed by atoms with Crippen LogP contribution in [0.4, 0.5) is 17.6 Å². The number of carbonyl (C=O) groups is 1. The van der Waals surface area contributed by atoms with Crippen LogP contribution in [0, 0.1) is 0 Å². The van der Waals surface area contributed by atoms with Crippen molar-refractivity contribution in [2.24, 2.45) is 0 Å². The predicted molar refractivity (Wildman–Crippen MR) is 49.6 cm³/mol. The van der Waals surface area contributed by atoms with Crippen molar-refractivity contribution in [2.75, 3.05) is 20.1 Å². The molecular formula is C9H14F4N2O. The fraction of sp³-hybridized carbons (Fsp3) is 0.889. The van der Waals surface area contributed by atoms with Crippen molar-refractivity contribution in [2.45, 2.75) is 31.2 Å². The summed E-state index contributed by atoms with van der Waals surface area (Å²) < 4.78 is 48.5. The smallest absolute Gasteiger partial charge is 0.349 e. The highest BCUT2D eigenvalue weighted by Gasteiger charge is 2.48. The maximum atomic E-state index is 12.5. The first-order chi connectivity index (χ1) is 7.35. The normalized spacial score (nSPS) is 16.9. The lowest BCUT2D eigenvalue weighted by Crippen LogP contribution is -2.47. The first-order valence-corrected chi connectivity index (χ1v) is 5.00. The molecule has 0 heterocycles. The van der Waals surface area contributed by atoms with E-state index < -0.39 is 18.3 Å². The zero-order valence-electron chi connectivity index (χ0n) is 8.85. The lowest BCUT2D eigenvalue weighted by Gasteiger charge is -2.18. The van der Waals surface area contributed by atoms with Crippen molar-refractivity contribution < 1.29 is 22.4 Å². The zero-order valence-corrected chi connectivity index (χ0v) is 8.85. The van der Waals surface area contributed by atoms with Crippen LogP contribution in [0.15, 0.2) is 0 Å². The summed E-state index contributed by atoms with van der Waals surface area (Å²) >= 11 is 0. The second kappa shape index (κ2) is 4.99. The number of halogens is 4. The van der Waals surface area contributed by atoms with Crippen LogP contribution in [-0.4, -0.2) is 49.3 Å². The maximum absolute atomic E-state index is 12.5. The molecular weight excluding hydrogens is 228 g/mol. The standard InChI is InChI=1S/C9H14F4N2O/c1-15(6-2-3-6)5-4-14-8(16)9(12,13)7(10)11/h6-7H,2-5H2,1H3,(H,14,16). The molecule has 0 spiro atoms. The van der Waals surface area contributed by atoms with Gasteiger partial charge in [0.15, 0.2) is 0 Å². The Morgan fingerprint density at radius 3 is 2.50 bits per heavy atom. The maximum Gasteiger partial charge on any atom is 0.383 e. The molecule has 0 saturated heterocycles. The van der Waals surface area contributed by atoms with E-state index in [1.165, 1.54) is 0 Å². The number of hydrogen-bond donors (Lipinski definition) is 1. The molecule has 0 aromatic heterocycles. The lowest BCUT2D eigenvalue weighted by molar-refractivity contribution is -0.169. The van der Waals surface area contributed by atoms with Crippen molar-refractivity contribution >= 4 is 5.91 Å². The fourth-order valence-corrected chi connectivity index (χ4v) is 1.26. The van der Waals surface area contributed by atoms with Gasteiger partial charge in [-0.05, 0) is 19.9 Å². The first-order valence-electron chi connectivity index (χ1n) is 5.00. The minimum absolute atomic E-state index is 0.0475. The number of likely N-dealkylation sites (N-methyl/N-ethyl adjacent to an activating group) is 1. The summed E-state index contributed by atoms with van der Waals surface area (Å²) in [4.78, 5) is 12.6. The number of amides is 1. The van der Waals surface area contributed by atoms with Crippen LogP contribution in [0.1, 0.15) is 12.8 Å². The molecule has 16 heavy (non-hydrogen) atoms. The van der Waals surface area contributed by atoms with Gasteiger partial charge in [0.05, 0.1) is 0 Å². The first kappa shape index (κ1) is 13.2. The van der Waals surface area contributed by atoms with Crippen molar-refractivity contribution in [1.82, 2.24) is 10.2 Å². The van der Waals surface area contributed by atoms with Crippen LogP contribution < -0.4 is 5.32 Å². The Morgan fingerprint density at radius 2 is 2.06 bits per heavy atom. The number of nitrogens with one attached hydrogen (secondary N) is 1. The summed E-state index contributed by atoms with van der Waals surface area (Å²) in [7, 11) is 1.80. The average Bonchev–Trinajstić information content (AvgIpc) is 3.00. The largest absolute Gasteiger partial charge is 0.383 e. The van der Waals surface area contributed by atoms with Gasteiger partial charge in [-0.2, -0.15) is 8.78 Å². The molecule has 1 aliphatic rings. The summed E-state index contributed by atoms with van der Waals surface area (Å²) in [6.07, 6.45) is -1.86. The fourth-order valence-electron chi connectivity index (χ4n) is 1.26. The molecule has 0 aromatic rings. The summed E-state index contributed by atoms with van der Waals surface area (Å²) in [6.45, 7) is 0.337. The molecule has 7 heteroatoms. The van der Waals surface area contributed by atoms with Crippen molar-refractivity contribution in [3.8, 4) is 0 Å². The Morgan fingerprint density at radius 1 is 1.50 bits per heavy atom. The van der Waals surface area contributed by atoms with E-state index in [-0.39, 0.29) is 6.54 Å². The van der Waals surface area contributed by atoms with Gasteiger partial charge in [-0.15, -0.1) is 0 Å². The molecule has 0 radical (unpaired) electrons. The van der Waals surface area contributed by atoms with Crippen molar-refractivity contribution in [1.29, 1.82) is 0 Å². The highest BCUT2D eigenvalue weighted by molar-refractivity contribution is 5.83. The van der Waals surface area contributed by atoms with Gasteiger partial charge in [0.1, 0.15) is 0 Å². The Bertz CT molecular complexity index is 256. The molecule has 0 bridgehead atoms. The second-order valence-electron chi connectivity index (χ2n) is 3.89. The van der Waals surface area contributed by atoms with Gasteiger partial charge in [-0.3, -0.25) is 4.79 Å². The molecule has 1 aliphatic carbocycles. The summed E-state index contributed by atoms with van der Waals surface area (Å²) in [5.74, 6) is -6.51. The van der Waals surface area contributed by atoms with Crippen LogP contribution in [0.3, 0.4) is 0 Å². The van der Waals surface area contributed by atoms with Crippen LogP contribution >= 0.6 is 0 Å². The third-order valence-corrected chi connectivity index (χ3v) is 2.50. The molecule has 0 aromatic carbocycles. The van der Waals surface area contributed by atoms with E-state index in [4.69, 9.17) is 0 Å². The minimum atomic E-state index is -4.60. The van der Waals surface area contributed by atoms with Gasteiger partial charge in [-0.25, -0.2) is 8.78 Å². The van der Waals surface area contributed by atoms with Gasteiger partial charge in [-0.1, -0.05) is 0 Å². The summed E-state index contributed by atoms with van der Waals surface area (Å²) in [5.41, 5.74) is 0. The van der Waals surface area contributed by atoms with Gasteiger partial charge < -0.3 is 10.2 Å². The van der Waals surface area contributed by atoms with E-state index in [0.29, 0.717) is 12.6 Å². The molecule has 1 N–H and O–H groups in total. The number of nitrogens with zero attached hydrogens (tertiary/aromatic N) is 1. The zero-order chi connectivity index (χ0) is 12.3. The SMILES string of the molecule is CN(CCNC(=O)C(F)(F)C(F)F)C1CC1. The molecule has 0 unspecified atom stereocenters.